The van der Waals surface area contributed by atoms with Crippen LogP contribution in [0.2, 0.25) is 0 Å². The number of carboxylic acids is 1. The van der Waals surface area contributed by atoms with Crippen LogP contribution in [0.3, 0.4) is 0 Å². The molecule has 0 fully saturated rings. The number of amides is 1. The van der Waals surface area contributed by atoms with Crippen molar-refractivity contribution in [2.75, 3.05) is 11.9 Å². The van der Waals surface area contributed by atoms with E-state index in [4.69, 9.17) is 19.1 Å². The predicted octanol–water partition coefficient (Wildman–Crippen LogP) is 6.10. The lowest BCUT2D eigenvalue weighted by Gasteiger charge is -2.37. The molecule has 3 aromatic carbocycles. The molecule has 1 amide bonds. The van der Waals surface area contributed by atoms with Crippen LogP contribution in [-0.2, 0) is 23.4 Å². The minimum atomic E-state index is -1.06. The van der Waals surface area contributed by atoms with Crippen molar-refractivity contribution < 1.29 is 33.1 Å². The second kappa shape index (κ2) is 12.5. The van der Waals surface area contributed by atoms with Crippen LogP contribution in [0.4, 0.5) is 9.52 Å². The smallest absolute Gasteiger partial charge is 0.335 e. The maximum atomic E-state index is 15.4. The standard InChI is InChI=1S/C32H28FN5O6S/c1-18-36-29(44-38-18)17-42-26-13-21-9-10-35-32(2,16-28(39)37-31-34-11-12-45-31)24(21)15-27(26)43-22-7-8-23(25(33)14-22)19-3-5-20(6-4-19)30(40)41/h3-8,11-15,35H,9-10,16-17H2,1-2H3,(H,40,41)(H,34,37,39). The summed E-state index contributed by atoms with van der Waals surface area (Å²) in [5.74, 6) is -0.155. The molecule has 0 saturated carbocycles. The zero-order valence-corrected chi connectivity index (χ0v) is 25.1. The van der Waals surface area contributed by atoms with Gasteiger partial charge in [0, 0.05) is 41.7 Å². The molecule has 230 valence electrons. The fourth-order valence-corrected chi connectivity index (χ4v) is 5.81. The highest BCUT2D eigenvalue weighted by molar-refractivity contribution is 7.13. The average Bonchev–Trinajstić information content (AvgIpc) is 3.68. The molecule has 1 unspecified atom stereocenters. The van der Waals surface area contributed by atoms with Crippen molar-refractivity contribution in [2.45, 2.75) is 38.8 Å². The first-order chi connectivity index (χ1) is 21.7. The van der Waals surface area contributed by atoms with E-state index in [1.807, 2.05) is 19.1 Å². The summed E-state index contributed by atoms with van der Waals surface area (Å²) < 4.78 is 32.9. The number of fused-ring (bicyclic) bond motifs is 1. The van der Waals surface area contributed by atoms with Crippen molar-refractivity contribution >= 4 is 28.3 Å². The molecule has 13 heteroatoms. The Labute approximate surface area is 261 Å². The largest absolute Gasteiger partial charge is 0.480 e. The van der Waals surface area contributed by atoms with Gasteiger partial charge in [-0.3, -0.25) is 4.79 Å². The van der Waals surface area contributed by atoms with Crippen LogP contribution in [0.5, 0.6) is 17.2 Å². The average molecular weight is 630 g/mol. The summed E-state index contributed by atoms with van der Waals surface area (Å²) in [7, 11) is 0. The second-order valence-electron chi connectivity index (χ2n) is 10.7. The molecule has 0 saturated heterocycles. The number of halogens is 1. The van der Waals surface area contributed by atoms with Gasteiger partial charge in [-0.2, -0.15) is 4.98 Å². The molecule has 6 rings (SSSR count). The normalized spacial score (nSPS) is 15.7. The summed E-state index contributed by atoms with van der Waals surface area (Å²) in [5.41, 5.74) is 1.98. The summed E-state index contributed by atoms with van der Waals surface area (Å²) in [6.45, 7) is 4.28. The molecule has 0 bridgehead atoms. The van der Waals surface area contributed by atoms with Crippen LogP contribution in [0, 0.1) is 12.7 Å². The van der Waals surface area contributed by atoms with Gasteiger partial charge in [-0.15, -0.1) is 11.3 Å². The van der Waals surface area contributed by atoms with Gasteiger partial charge in [0.15, 0.2) is 29.1 Å². The van der Waals surface area contributed by atoms with Crippen molar-refractivity contribution in [3.63, 3.8) is 0 Å². The zero-order chi connectivity index (χ0) is 31.6. The summed E-state index contributed by atoms with van der Waals surface area (Å²) in [4.78, 5) is 32.5. The minimum absolute atomic E-state index is 0.0125. The van der Waals surface area contributed by atoms with E-state index in [0.29, 0.717) is 41.0 Å². The molecule has 0 aliphatic carbocycles. The number of ether oxygens (including phenoxy) is 2. The lowest BCUT2D eigenvalue weighted by atomic mass is 9.81. The van der Waals surface area contributed by atoms with Crippen molar-refractivity contribution in [2.24, 2.45) is 0 Å². The number of carbonyl (C=O) groups is 2. The van der Waals surface area contributed by atoms with Gasteiger partial charge >= 0.3 is 5.97 Å². The quantitative estimate of drug-likeness (QED) is 0.165. The number of aromatic nitrogens is 3. The topological polar surface area (TPSA) is 149 Å². The van der Waals surface area contributed by atoms with Gasteiger partial charge in [0.1, 0.15) is 11.6 Å². The number of thiazole rings is 1. The van der Waals surface area contributed by atoms with E-state index < -0.39 is 17.3 Å². The Bertz CT molecular complexity index is 1860. The van der Waals surface area contributed by atoms with Crippen LogP contribution in [-0.4, -0.2) is 38.7 Å². The van der Waals surface area contributed by atoms with Crippen molar-refractivity contribution in [1.29, 1.82) is 0 Å². The highest BCUT2D eigenvalue weighted by atomic mass is 32.1. The molecule has 0 spiro atoms. The molecule has 3 heterocycles. The fraction of sp³-hybridized carbons (Fsp3) is 0.219. The summed E-state index contributed by atoms with van der Waals surface area (Å²) in [6.07, 6.45) is 2.44. The van der Waals surface area contributed by atoms with E-state index in [0.717, 1.165) is 11.1 Å². The third-order valence-corrected chi connectivity index (χ3v) is 8.09. The number of nitrogens with zero attached hydrogens (tertiary/aromatic N) is 3. The maximum Gasteiger partial charge on any atom is 0.335 e. The number of aryl methyl sites for hydroxylation is 1. The van der Waals surface area contributed by atoms with E-state index in [1.165, 1.54) is 29.5 Å². The number of hydrogen-bond donors (Lipinski definition) is 3. The number of nitrogens with one attached hydrogen (secondary N) is 2. The van der Waals surface area contributed by atoms with Gasteiger partial charge < -0.3 is 29.7 Å². The van der Waals surface area contributed by atoms with Gasteiger partial charge in [-0.1, -0.05) is 17.3 Å². The number of aromatic carboxylic acids is 1. The molecular weight excluding hydrogens is 601 g/mol. The molecule has 1 aliphatic rings. The Hall–Kier alpha value is -5.14. The Morgan fingerprint density at radius 3 is 2.67 bits per heavy atom. The Morgan fingerprint density at radius 1 is 1.16 bits per heavy atom. The van der Waals surface area contributed by atoms with Gasteiger partial charge in [0.25, 0.3) is 5.89 Å². The van der Waals surface area contributed by atoms with E-state index >= 15 is 4.39 Å². The number of benzene rings is 3. The first-order valence-corrected chi connectivity index (χ1v) is 14.9. The van der Waals surface area contributed by atoms with Crippen molar-refractivity contribution in [1.82, 2.24) is 20.4 Å². The molecule has 0 radical (unpaired) electrons. The summed E-state index contributed by atoms with van der Waals surface area (Å²) in [5, 5.41) is 21.6. The second-order valence-corrected chi connectivity index (χ2v) is 11.6. The van der Waals surface area contributed by atoms with Gasteiger partial charge in [0.05, 0.1) is 5.56 Å². The fourth-order valence-electron chi connectivity index (χ4n) is 5.26. The monoisotopic (exact) mass is 629 g/mol. The van der Waals surface area contributed by atoms with Gasteiger partial charge in [-0.05, 0) is 73.4 Å². The summed E-state index contributed by atoms with van der Waals surface area (Å²) >= 11 is 1.34. The Morgan fingerprint density at radius 2 is 1.98 bits per heavy atom. The van der Waals surface area contributed by atoms with Crippen LogP contribution >= 0.6 is 11.3 Å². The lowest BCUT2D eigenvalue weighted by molar-refractivity contribution is -0.117. The number of hydrogen-bond acceptors (Lipinski definition) is 10. The highest BCUT2D eigenvalue weighted by Crippen LogP contribution is 2.42. The highest BCUT2D eigenvalue weighted by Gasteiger charge is 2.35. The number of carbonyl (C=O) groups excluding carboxylic acids is 1. The number of rotatable bonds is 10. The van der Waals surface area contributed by atoms with E-state index in [2.05, 4.69) is 25.8 Å². The van der Waals surface area contributed by atoms with E-state index in [-0.39, 0.29) is 41.7 Å². The van der Waals surface area contributed by atoms with E-state index in [9.17, 15) is 9.59 Å². The SMILES string of the molecule is Cc1noc(COc2cc3c(cc2Oc2ccc(-c4ccc(C(=O)O)cc4)c(F)c2)C(C)(CC(=O)Nc2nccs2)NCC3)n1. The van der Waals surface area contributed by atoms with Crippen LogP contribution in [0.1, 0.15) is 46.5 Å². The predicted molar refractivity (Wildman–Crippen MR) is 163 cm³/mol. The zero-order valence-electron chi connectivity index (χ0n) is 24.3. The molecule has 3 N–H and O–H groups in total. The van der Waals surface area contributed by atoms with E-state index in [1.54, 1.807) is 42.8 Å². The molecule has 45 heavy (non-hydrogen) atoms. The molecule has 1 atom stereocenters. The number of anilines is 1. The Kier molecular flexibility index (Phi) is 8.28. The van der Waals surface area contributed by atoms with Crippen molar-refractivity contribution in [3.05, 3.63) is 100 Å². The molecule has 2 aromatic heterocycles. The van der Waals surface area contributed by atoms with Crippen LogP contribution < -0.4 is 20.1 Å². The molecule has 1 aliphatic heterocycles. The lowest BCUT2D eigenvalue weighted by Crippen LogP contribution is -2.47. The molecule has 5 aromatic rings. The first kappa shape index (κ1) is 29.9. The van der Waals surface area contributed by atoms with Gasteiger partial charge in [0.2, 0.25) is 5.91 Å². The summed E-state index contributed by atoms with van der Waals surface area (Å²) in [6, 6.07) is 14.1. The van der Waals surface area contributed by atoms with Crippen LogP contribution in [0.15, 0.2) is 70.7 Å². The third-order valence-electron chi connectivity index (χ3n) is 7.40. The molecular formula is C32H28FN5O6S. The minimum Gasteiger partial charge on any atom is -0.480 e. The third kappa shape index (κ3) is 6.69. The van der Waals surface area contributed by atoms with Crippen molar-refractivity contribution in [3.8, 4) is 28.4 Å². The van der Waals surface area contributed by atoms with Crippen LogP contribution in [0.25, 0.3) is 11.1 Å². The van der Waals surface area contributed by atoms with Gasteiger partial charge in [-0.25, -0.2) is 14.2 Å². The number of carboxylic acid groups (broad SMARTS) is 1. The molecule has 11 nitrogen and oxygen atoms in total. The maximum absolute atomic E-state index is 15.4. The Balaban J connectivity index is 1.31. The first-order valence-electron chi connectivity index (χ1n) is 14.0.